The highest BCUT2D eigenvalue weighted by molar-refractivity contribution is 9.10. The van der Waals surface area contributed by atoms with Crippen molar-refractivity contribution in [3.8, 4) is 0 Å². The normalized spacial score (nSPS) is 11.5. The molecule has 0 saturated carbocycles. The van der Waals surface area contributed by atoms with Gasteiger partial charge in [0.05, 0.1) is 6.61 Å². The van der Waals surface area contributed by atoms with E-state index in [-0.39, 0.29) is 18.9 Å². The summed E-state index contributed by atoms with van der Waals surface area (Å²) >= 11 is 3.02. The topological polar surface area (TPSA) is 51.5 Å². The largest absolute Gasteiger partial charge is 0.444 e. The number of alkyl halides is 3. The Kier molecular flexibility index (Phi) is 5.01. The van der Waals surface area contributed by atoms with Crippen molar-refractivity contribution in [2.24, 2.45) is 0 Å². The van der Waals surface area contributed by atoms with Gasteiger partial charge in [0, 0.05) is 6.54 Å². The molecule has 1 aromatic heterocycles. The zero-order valence-corrected chi connectivity index (χ0v) is 10.1. The van der Waals surface area contributed by atoms with Crippen molar-refractivity contribution in [3.63, 3.8) is 0 Å². The molecule has 96 valence electrons. The molecular weight excluding hydrogens is 307 g/mol. The van der Waals surface area contributed by atoms with Gasteiger partial charge in [0.15, 0.2) is 10.4 Å². The van der Waals surface area contributed by atoms with Gasteiger partial charge in [0.2, 0.25) is 0 Å². The summed E-state index contributed by atoms with van der Waals surface area (Å²) in [4.78, 5) is 11.3. The van der Waals surface area contributed by atoms with E-state index in [1.807, 2.05) is 0 Å². The average Bonchev–Trinajstić information content (AvgIpc) is 2.62. The van der Waals surface area contributed by atoms with Gasteiger partial charge in [-0.1, -0.05) is 0 Å². The monoisotopic (exact) mass is 315 g/mol. The van der Waals surface area contributed by atoms with E-state index in [4.69, 9.17) is 4.42 Å². The molecule has 0 saturated heterocycles. The van der Waals surface area contributed by atoms with Gasteiger partial charge in [-0.25, -0.2) is 0 Å². The molecule has 0 fully saturated rings. The number of rotatable bonds is 5. The van der Waals surface area contributed by atoms with E-state index in [9.17, 15) is 18.0 Å². The number of furan rings is 1. The first-order valence-electron chi connectivity index (χ1n) is 4.56. The summed E-state index contributed by atoms with van der Waals surface area (Å²) in [6.45, 7) is -1.56. The molecule has 0 aromatic carbocycles. The molecule has 1 amide bonds. The third-order valence-corrected chi connectivity index (χ3v) is 2.02. The molecule has 1 N–H and O–H groups in total. The van der Waals surface area contributed by atoms with Crippen LogP contribution in [-0.4, -0.2) is 31.8 Å². The van der Waals surface area contributed by atoms with Crippen molar-refractivity contribution in [1.29, 1.82) is 0 Å². The standard InChI is InChI=1S/C9H9BrF3NO3/c10-7-2-1-6(17-7)8(15)14-3-4-16-5-9(11,12)13/h1-2H,3-5H2,(H,14,15). The van der Waals surface area contributed by atoms with E-state index in [1.165, 1.54) is 12.1 Å². The second kappa shape index (κ2) is 6.06. The maximum absolute atomic E-state index is 11.7. The fourth-order valence-electron chi connectivity index (χ4n) is 0.948. The van der Waals surface area contributed by atoms with E-state index in [0.29, 0.717) is 4.67 Å². The zero-order valence-electron chi connectivity index (χ0n) is 8.51. The lowest BCUT2D eigenvalue weighted by Gasteiger charge is -2.07. The molecule has 0 atom stereocenters. The number of hydrogen-bond acceptors (Lipinski definition) is 3. The first-order chi connectivity index (χ1) is 7.88. The van der Waals surface area contributed by atoms with E-state index < -0.39 is 18.7 Å². The smallest absolute Gasteiger partial charge is 0.411 e. The Morgan fingerprint density at radius 2 is 2.18 bits per heavy atom. The Balaban J connectivity index is 2.17. The van der Waals surface area contributed by atoms with Crippen LogP contribution in [0.5, 0.6) is 0 Å². The second-order valence-electron chi connectivity index (χ2n) is 3.03. The van der Waals surface area contributed by atoms with E-state index >= 15 is 0 Å². The number of amides is 1. The van der Waals surface area contributed by atoms with Gasteiger partial charge in [-0.3, -0.25) is 4.79 Å². The molecule has 0 radical (unpaired) electrons. The Bertz CT molecular complexity index is 378. The molecule has 17 heavy (non-hydrogen) atoms. The maximum atomic E-state index is 11.7. The summed E-state index contributed by atoms with van der Waals surface area (Å²) in [7, 11) is 0. The van der Waals surface area contributed by atoms with Crippen LogP contribution in [0.15, 0.2) is 21.2 Å². The van der Waals surface area contributed by atoms with E-state index in [1.54, 1.807) is 0 Å². The molecule has 0 spiro atoms. The minimum Gasteiger partial charge on any atom is -0.444 e. The summed E-state index contributed by atoms with van der Waals surface area (Å²) in [5, 5.41) is 2.35. The Hall–Kier alpha value is -1.02. The number of carbonyl (C=O) groups is 1. The van der Waals surface area contributed by atoms with Crippen LogP contribution in [-0.2, 0) is 4.74 Å². The summed E-state index contributed by atoms with van der Waals surface area (Å²) in [6, 6.07) is 2.98. The molecule has 1 heterocycles. The van der Waals surface area contributed by atoms with Crippen LogP contribution in [0.25, 0.3) is 0 Å². The van der Waals surface area contributed by atoms with Gasteiger partial charge in [-0.2, -0.15) is 13.2 Å². The fraction of sp³-hybridized carbons (Fsp3) is 0.444. The Morgan fingerprint density at radius 3 is 2.71 bits per heavy atom. The molecular formula is C9H9BrF3NO3. The Labute approximate surface area is 103 Å². The minimum atomic E-state index is -4.35. The third-order valence-electron chi connectivity index (χ3n) is 1.59. The van der Waals surface area contributed by atoms with E-state index in [2.05, 4.69) is 26.0 Å². The van der Waals surface area contributed by atoms with Crippen molar-refractivity contribution < 1.29 is 27.1 Å². The maximum Gasteiger partial charge on any atom is 0.411 e. The van der Waals surface area contributed by atoms with Crippen molar-refractivity contribution in [3.05, 3.63) is 22.6 Å². The van der Waals surface area contributed by atoms with Gasteiger partial charge in [-0.05, 0) is 28.1 Å². The van der Waals surface area contributed by atoms with Crippen molar-refractivity contribution >= 4 is 21.8 Å². The van der Waals surface area contributed by atoms with E-state index in [0.717, 1.165) is 0 Å². The molecule has 0 aliphatic carbocycles. The first kappa shape index (κ1) is 14.0. The van der Waals surface area contributed by atoms with Crippen LogP contribution in [0.2, 0.25) is 0 Å². The SMILES string of the molecule is O=C(NCCOCC(F)(F)F)c1ccc(Br)o1. The zero-order chi connectivity index (χ0) is 12.9. The van der Waals surface area contributed by atoms with Crippen molar-refractivity contribution in [1.82, 2.24) is 5.32 Å². The van der Waals surface area contributed by atoms with Gasteiger partial charge >= 0.3 is 6.18 Å². The van der Waals surface area contributed by atoms with Crippen molar-refractivity contribution in [2.75, 3.05) is 19.8 Å². The molecule has 1 rings (SSSR count). The van der Waals surface area contributed by atoms with Gasteiger partial charge in [0.25, 0.3) is 5.91 Å². The summed E-state index contributed by atoms with van der Waals surface area (Å²) in [5.41, 5.74) is 0. The van der Waals surface area contributed by atoms with Crippen molar-refractivity contribution in [2.45, 2.75) is 6.18 Å². The fourth-order valence-corrected chi connectivity index (χ4v) is 1.25. The highest BCUT2D eigenvalue weighted by Crippen LogP contribution is 2.14. The summed E-state index contributed by atoms with van der Waals surface area (Å²) < 4.78 is 44.7. The summed E-state index contributed by atoms with van der Waals surface area (Å²) in [5.74, 6) is -0.431. The van der Waals surface area contributed by atoms with Crippen LogP contribution in [0.4, 0.5) is 13.2 Å². The van der Waals surface area contributed by atoms with Crippen LogP contribution < -0.4 is 5.32 Å². The lowest BCUT2D eigenvalue weighted by Crippen LogP contribution is -2.28. The second-order valence-corrected chi connectivity index (χ2v) is 3.81. The van der Waals surface area contributed by atoms with Gasteiger partial charge < -0.3 is 14.5 Å². The van der Waals surface area contributed by atoms with Gasteiger partial charge in [0.1, 0.15) is 6.61 Å². The Morgan fingerprint density at radius 1 is 1.47 bits per heavy atom. The average molecular weight is 316 g/mol. The number of halogens is 4. The first-order valence-corrected chi connectivity index (χ1v) is 5.36. The third kappa shape index (κ3) is 5.73. The summed E-state index contributed by atoms with van der Waals surface area (Å²) in [6.07, 6.45) is -4.35. The van der Waals surface area contributed by atoms with Crippen LogP contribution in [0.3, 0.4) is 0 Å². The predicted molar refractivity (Wildman–Crippen MR) is 55.6 cm³/mol. The molecule has 0 aliphatic rings. The predicted octanol–water partition coefficient (Wildman–Crippen LogP) is 2.35. The molecule has 0 unspecified atom stereocenters. The molecule has 0 bridgehead atoms. The quantitative estimate of drug-likeness (QED) is 0.849. The number of carbonyl (C=O) groups excluding carboxylic acids is 1. The molecule has 4 nitrogen and oxygen atoms in total. The van der Waals surface area contributed by atoms with Crippen LogP contribution in [0, 0.1) is 0 Å². The molecule has 8 heteroatoms. The van der Waals surface area contributed by atoms with Crippen LogP contribution >= 0.6 is 15.9 Å². The highest BCUT2D eigenvalue weighted by Gasteiger charge is 2.27. The lowest BCUT2D eigenvalue weighted by molar-refractivity contribution is -0.173. The molecule has 1 aromatic rings. The van der Waals surface area contributed by atoms with Crippen LogP contribution in [0.1, 0.15) is 10.6 Å². The number of hydrogen-bond donors (Lipinski definition) is 1. The number of ether oxygens (including phenoxy) is 1. The minimum absolute atomic E-state index is 0.0206. The number of nitrogens with one attached hydrogen (secondary N) is 1. The highest BCUT2D eigenvalue weighted by atomic mass is 79.9. The van der Waals surface area contributed by atoms with Gasteiger partial charge in [-0.15, -0.1) is 0 Å². The lowest BCUT2D eigenvalue weighted by atomic mass is 10.4. The molecule has 0 aliphatic heterocycles.